The van der Waals surface area contributed by atoms with Gasteiger partial charge in [-0.1, -0.05) is 30.3 Å². The van der Waals surface area contributed by atoms with E-state index in [-0.39, 0.29) is 17.4 Å². The van der Waals surface area contributed by atoms with Crippen molar-refractivity contribution in [3.8, 4) is 0 Å². The molecular weight excluding hydrogens is 350 g/mol. The molecule has 3 fully saturated rings. The van der Waals surface area contributed by atoms with Crippen molar-refractivity contribution >= 4 is 11.6 Å². The SMILES string of the molecule is O=C([C@H]1CCCO1)N1CCC2(c3ccccc3)CN(c3cccnc3)CC2C1. The molecule has 0 aliphatic carbocycles. The highest BCUT2D eigenvalue weighted by atomic mass is 16.5. The van der Waals surface area contributed by atoms with Crippen molar-refractivity contribution < 1.29 is 9.53 Å². The molecule has 3 saturated heterocycles. The van der Waals surface area contributed by atoms with Gasteiger partial charge in [0.1, 0.15) is 6.10 Å². The van der Waals surface area contributed by atoms with E-state index in [1.165, 1.54) is 11.3 Å². The normalized spacial score (nSPS) is 29.7. The van der Waals surface area contributed by atoms with Crippen LogP contribution in [-0.4, -0.2) is 54.7 Å². The lowest BCUT2D eigenvalue weighted by Gasteiger charge is -2.44. The summed E-state index contributed by atoms with van der Waals surface area (Å²) in [7, 11) is 0. The minimum Gasteiger partial charge on any atom is -0.369 e. The predicted molar refractivity (Wildman–Crippen MR) is 108 cm³/mol. The molecule has 1 aromatic carbocycles. The highest BCUT2D eigenvalue weighted by Gasteiger charge is 2.51. The summed E-state index contributed by atoms with van der Waals surface area (Å²) in [6.45, 7) is 4.27. The smallest absolute Gasteiger partial charge is 0.251 e. The molecule has 3 aliphatic rings. The maximum Gasteiger partial charge on any atom is 0.251 e. The van der Waals surface area contributed by atoms with Crippen LogP contribution in [0.25, 0.3) is 0 Å². The zero-order valence-electron chi connectivity index (χ0n) is 16.2. The lowest BCUT2D eigenvalue weighted by Crippen LogP contribution is -2.53. The summed E-state index contributed by atoms with van der Waals surface area (Å²) >= 11 is 0. The van der Waals surface area contributed by atoms with Gasteiger partial charge >= 0.3 is 0 Å². The first-order chi connectivity index (χ1) is 13.8. The van der Waals surface area contributed by atoms with Crippen LogP contribution < -0.4 is 4.90 Å². The second kappa shape index (κ2) is 7.21. The van der Waals surface area contributed by atoms with E-state index in [9.17, 15) is 4.79 Å². The number of ether oxygens (including phenoxy) is 1. The van der Waals surface area contributed by atoms with Gasteiger partial charge in [0, 0.05) is 50.3 Å². The van der Waals surface area contributed by atoms with E-state index >= 15 is 0 Å². The first kappa shape index (κ1) is 17.7. The molecule has 3 atom stereocenters. The highest BCUT2D eigenvalue weighted by Crippen LogP contribution is 2.46. The number of amides is 1. The van der Waals surface area contributed by atoms with Gasteiger partial charge in [-0.2, -0.15) is 0 Å². The van der Waals surface area contributed by atoms with Gasteiger partial charge in [-0.25, -0.2) is 0 Å². The zero-order valence-corrected chi connectivity index (χ0v) is 16.2. The van der Waals surface area contributed by atoms with Gasteiger partial charge in [0.2, 0.25) is 0 Å². The number of carbonyl (C=O) groups is 1. The number of nitrogens with zero attached hydrogens (tertiary/aromatic N) is 3. The number of hydrogen-bond acceptors (Lipinski definition) is 4. The molecule has 5 rings (SSSR count). The van der Waals surface area contributed by atoms with Crippen molar-refractivity contribution in [2.45, 2.75) is 30.8 Å². The number of fused-ring (bicyclic) bond motifs is 1. The molecule has 4 heterocycles. The first-order valence-corrected chi connectivity index (χ1v) is 10.4. The number of anilines is 1. The second-order valence-corrected chi connectivity index (χ2v) is 8.35. The highest BCUT2D eigenvalue weighted by molar-refractivity contribution is 5.81. The molecule has 5 heteroatoms. The molecule has 0 spiro atoms. The fourth-order valence-corrected chi connectivity index (χ4v) is 5.34. The number of likely N-dealkylation sites (tertiary alicyclic amines) is 1. The van der Waals surface area contributed by atoms with Crippen molar-refractivity contribution in [3.05, 3.63) is 60.4 Å². The number of aromatic nitrogens is 1. The molecule has 0 saturated carbocycles. The fourth-order valence-electron chi connectivity index (χ4n) is 5.34. The molecule has 1 amide bonds. The minimum absolute atomic E-state index is 0.0877. The van der Waals surface area contributed by atoms with Gasteiger partial charge in [0.25, 0.3) is 5.91 Å². The quantitative estimate of drug-likeness (QED) is 0.825. The fraction of sp³-hybridized carbons (Fsp3) is 0.478. The number of rotatable bonds is 3. The van der Waals surface area contributed by atoms with Crippen LogP contribution in [0.5, 0.6) is 0 Å². The molecule has 1 aromatic heterocycles. The average Bonchev–Trinajstić information content (AvgIpc) is 3.43. The second-order valence-electron chi connectivity index (χ2n) is 8.35. The van der Waals surface area contributed by atoms with Crippen LogP contribution >= 0.6 is 0 Å². The molecule has 146 valence electrons. The van der Waals surface area contributed by atoms with Crippen LogP contribution in [0.2, 0.25) is 0 Å². The van der Waals surface area contributed by atoms with Crippen LogP contribution in [0.1, 0.15) is 24.8 Å². The summed E-state index contributed by atoms with van der Waals surface area (Å²) in [5.41, 5.74) is 2.66. The molecule has 0 bridgehead atoms. The largest absolute Gasteiger partial charge is 0.369 e. The Kier molecular flexibility index (Phi) is 4.55. The van der Waals surface area contributed by atoms with E-state index in [0.29, 0.717) is 5.92 Å². The number of carbonyl (C=O) groups excluding carboxylic acids is 1. The summed E-state index contributed by atoms with van der Waals surface area (Å²) in [6.07, 6.45) is 6.41. The molecule has 28 heavy (non-hydrogen) atoms. The van der Waals surface area contributed by atoms with Crippen molar-refractivity contribution in [2.24, 2.45) is 5.92 Å². The number of benzene rings is 1. The summed E-state index contributed by atoms with van der Waals surface area (Å²) in [5, 5.41) is 0. The van der Waals surface area contributed by atoms with E-state index < -0.39 is 0 Å². The lowest BCUT2D eigenvalue weighted by molar-refractivity contribution is -0.143. The van der Waals surface area contributed by atoms with Crippen LogP contribution in [0.3, 0.4) is 0 Å². The Morgan fingerprint density at radius 3 is 2.79 bits per heavy atom. The Bertz CT molecular complexity index is 822. The molecule has 2 aromatic rings. The average molecular weight is 377 g/mol. The maximum absolute atomic E-state index is 13.0. The molecule has 5 nitrogen and oxygen atoms in total. The summed E-state index contributed by atoms with van der Waals surface area (Å²) < 4.78 is 5.67. The maximum atomic E-state index is 13.0. The predicted octanol–water partition coefficient (Wildman–Crippen LogP) is 2.87. The van der Waals surface area contributed by atoms with E-state index in [4.69, 9.17) is 4.74 Å². The van der Waals surface area contributed by atoms with E-state index in [0.717, 1.165) is 52.0 Å². The Morgan fingerprint density at radius 1 is 1.14 bits per heavy atom. The van der Waals surface area contributed by atoms with Gasteiger partial charge in [0.15, 0.2) is 0 Å². The van der Waals surface area contributed by atoms with Gasteiger partial charge in [0.05, 0.1) is 11.9 Å². The van der Waals surface area contributed by atoms with Crippen LogP contribution in [0, 0.1) is 5.92 Å². The summed E-state index contributed by atoms with van der Waals surface area (Å²) in [5.74, 6) is 0.605. The first-order valence-electron chi connectivity index (χ1n) is 10.4. The summed E-state index contributed by atoms with van der Waals surface area (Å²) in [4.78, 5) is 21.8. The number of hydrogen-bond donors (Lipinski definition) is 0. The van der Waals surface area contributed by atoms with Crippen LogP contribution in [0.15, 0.2) is 54.9 Å². The van der Waals surface area contributed by atoms with Gasteiger partial charge < -0.3 is 14.5 Å². The van der Waals surface area contributed by atoms with Crippen LogP contribution in [0.4, 0.5) is 5.69 Å². The van der Waals surface area contributed by atoms with E-state index in [1.807, 2.05) is 18.5 Å². The Morgan fingerprint density at radius 2 is 2.04 bits per heavy atom. The topological polar surface area (TPSA) is 45.7 Å². The third-order valence-corrected chi connectivity index (χ3v) is 6.84. The van der Waals surface area contributed by atoms with Crippen molar-refractivity contribution in [1.29, 1.82) is 0 Å². The van der Waals surface area contributed by atoms with Crippen molar-refractivity contribution in [1.82, 2.24) is 9.88 Å². The third-order valence-electron chi connectivity index (χ3n) is 6.84. The standard InChI is InChI=1S/C23H27N3O2/c27-22(21-9-5-13-28-21)25-12-10-23(18-6-2-1-3-7-18)17-26(16-19(23)15-25)20-8-4-11-24-14-20/h1-4,6-8,11,14,19,21H,5,9-10,12-13,15-17H2/t19?,21-,23?/m1/s1. The van der Waals surface area contributed by atoms with Gasteiger partial charge in [-0.05, 0) is 37.0 Å². The Balaban J connectivity index is 1.43. The molecule has 3 aliphatic heterocycles. The molecule has 0 N–H and O–H groups in total. The zero-order chi connectivity index (χ0) is 19.0. The summed E-state index contributed by atoms with van der Waals surface area (Å²) in [6, 6.07) is 15.0. The van der Waals surface area contributed by atoms with Crippen molar-refractivity contribution in [3.63, 3.8) is 0 Å². The minimum atomic E-state index is -0.222. The van der Waals surface area contributed by atoms with E-state index in [1.54, 1.807) is 0 Å². The van der Waals surface area contributed by atoms with Gasteiger partial charge in [-0.15, -0.1) is 0 Å². The molecular formula is C23H27N3O2. The van der Waals surface area contributed by atoms with Crippen LogP contribution in [-0.2, 0) is 14.9 Å². The van der Waals surface area contributed by atoms with Gasteiger partial charge in [-0.3, -0.25) is 9.78 Å². The Labute approximate surface area is 166 Å². The monoisotopic (exact) mass is 377 g/mol. The lowest BCUT2D eigenvalue weighted by atomic mass is 9.68. The number of piperidine rings is 1. The number of pyridine rings is 1. The molecule has 0 radical (unpaired) electrons. The van der Waals surface area contributed by atoms with E-state index in [2.05, 4.69) is 51.2 Å². The third kappa shape index (κ3) is 2.98. The van der Waals surface area contributed by atoms with Crippen molar-refractivity contribution in [2.75, 3.05) is 37.7 Å². The Hall–Kier alpha value is -2.40. The molecule has 2 unspecified atom stereocenters.